The minimum Gasteiger partial charge on any atom is -0.428 e. The molecule has 2 heteroatoms. The van der Waals surface area contributed by atoms with E-state index in [1.165, 1.54) is 51.4 Å². The Morgan fingerprint density at radius 1 is 0.714 bits per heavy atom. The molecule has 0 saturated heterocycles. The van der Waals surface area contributed by atoms with Gasteiger partial charge in [-0.1, -0.05) is 38.5 Å². The molecule has 0 radical (unpaired) electrons. The highest BCUT2D eigenvalue weighted by molar-refractivity contribution is 5.97. The second-order valence-corrected chi connectivity index (χ2v) is 8.73. The Morgan fingerprint density at radius 2 is 1.10 bits per heavy atom. The summed E-state index contributed by atoms with van der Waals surface area (Å²) in [6.07, 6.45) is 21.2. The van der Waals surface area contributed by atoms with Crippen LogP contribution in [0.4, 0.5) is 0 Å². The second-order valence-electron chi connectivity index (χ2n) is 8.15. The van der Waals surface area contributed by atoms with Gasteiger partial charge in [-0.25, -0.2) is 0 Å². The fourth-order valence-corrected chi connectivity index (χ4v) is 6.81. The third-order valence-corrected chi connectivity index (χ3v) is 7.71. The largest absolute Gasteiger partial charge is 0.428 e. The fraction of sp³-hybridized carbons (Fsp3) is 1.00. The number of hydrogen-bond donors (Lipinski definition) is 0. The Balaban J connectivity index is 1.83. The minimum atomic E-state index is 0.726. The lowest BCUT2D eigenvalue weighted by Gasteiger charge is -2.49. The van der Waals surface area contributed by atoms with Crippen molar-refractivity contribution in [3.8, 4) is 0 Å². The summed E-state index contributed by atoms with van der Waals surface area (Å²) < 4.78 is 5.56. The molecule has 122 valence electrons. The maximum Gasteiger partial charge on any atom is 0.145 e. The lowest BCUT2D eigenvalue weighted by molar-refractivity contribution is -0.00865. The Labute approximate surface area is 135 Å². The first-order valence-corrected chi connectivity index (χ1v) is 10.7. The van der Waals surface area contributed by atoms with Crippen LogP contribution >= 0.6 is 0 Å². The third kappa shape index (κ3) is 3.27. The van der Waals surface area contributed by atoms with Crippen LogP contribution in [0, 0.1) is 23.2 Å². The van der Waals surface area contributed by atoms with Crippen LogP contribution < -0.4 is 0 Å². The van der Waals surface area contributed by atoms with E-state index in [0.29, 0.717) is 0 Å². The molecule has 0 heterocycles. The zero-order valence-corrected chi connectivity index (χ0v) is 16.2. The van der Waals surface area contributed by atoms with Gasteiger partial charge in [0, 0.05) is 6.61 Å². The molecule has 3 aliphatic carbocycles. The highest BCUT2D eigenvalue weighted by Crippen LogP contribution is 2.60. The van der Waals surface area contributed by atoms with E-state index in [9.17, 15) is 0 Å². The van der Waals surface area contributed by atoms with Gasteiger partial charge < -0.3 is 4.43 Å². The van der Waals surface area contributed by atoms with E-state index in [4.69, 9.17) is 4.43 Å². The zero-order chi connectivity index (χ0) is 14.5. The van der Waals surface area contributed by atoms with Crippen LogP contribution in [0.15, 0.2) is 0 Å². The molecule has 0 spiro atoms. The molecular formula is C19H36OSi. The van der Waals surface area contributed by atoms with Crippen molar-refractivity contribution in [3.05, 3.63) is 0 Å². The summed E-state index contributed by atoms with van der Waals surface area (Å²) in [4.78, 5) is 0. The molecule has 0 bridgehead atoms. The van der Waals surface area contributed by atoms with Gasteiger partial charge in [-0.15, -0.1) is 0 Å². The lowest BCUT2D eigenvalue weighted by Crippen LogP contribution is -2.42. The van der Waals surface area contributed by atoms with E-state index in [1.807, 2.05) is 0 Å². The van der Waals surface area contributed by atoms with Crippen molar-refractivity contribution in [1.29, 1.82) is 0 Å². The van der Waals surface area contributed by atoms with Crippen LogP contribution in [0.3, 0.4) is 0 Å². The van der Waals surface area contributed by atoms with Crippen molar-refractivity contribution < 1.29 is 4.43 Å². The van der Waals surface area contributed by atoms with Gasteiger partial charge in [0.05, 0.1) is 0 Å². The molecule has 3 saturated carbocycles. The van der Waals surface area contributed by atoms with E-state index in [0.717, 1.165) is 40.3 Å². The summed E-state index contributed by atoms with van der Waals surface area (Å²) in [6, 6.07) is 0. The molecule has 0 unspecified atom stereocenters. The Kier molecular flexibility index (Phi) is 5.83. The lowest BCUT2D eigenvalue weighted by atomic mass is 9.55. The molecule has 0 aromatic rings. The average molecular weight is 309 g/mol. The molecule has 0 amide bonds. The average Bonchev–Trinajstić information content (AvgIpc) is 3.28. The standard InChI is InChI=1S/C19H36OSi/c21-20-15-7-14-19(16-8-1-2-9-16,17-10-3-4-11-17)18-12-5-6-13-18/h16-18H,1-15H2,21H3. The zero-order valence-electron chi connectivity index (χ0n) is 14.2. The first-order valence-electron chi connectivity index (χ1n) is 9.87. The summed E-state index contributed by atoms with van der Waals surface area (Å²) in [5.41, 5.74) is 0.726. The van der Waals surface area contributed by atoms with Crippen molar-refractivity contribution in [3.63, 3.8) is 0 Å². The van der Waals surface area contributed by atoms with Gasteiger partial charge in [-0.05, 0) is 74.5 Å². The molecule has 3 rings (SSSR count). The van der Waals surface area contributed by atoms with Crippen LogP contribution in [0.2, 0.25) is 0 Å². The molecule has 0 atom stereocenters. The predicted octanol–water partition coefficient (Wildman–Crippen LogP) is 4.62. The van der Waals surface area contributed by atoms with Gasteiger partial charge in [0.25, 0.3) is 0 Å². The van der Waals surface area contributed by atoms with Crippen LogP contribution in [0.5, 0.6) is 0 Å². The highest BCUT2D eigenvalue weighted by atomic mass is 28.2. The monoisotopic (exact) mass is 308 g/mol. The van der Waals surface area contributed by atoms with E-state index in [2.05, 4.69) is 0 Å². The third-order valence-electron chi connectivity index (χ3n) is 7.30. The number of rotatable bonds is 7. The van der Waals surface area contributed by atoms with Crippen molar-refractivity contribution in [2.75, 3.05) is 6.61 Å². The van der Waals surface area contributed by atoms with E-state index < -0.39 is 0 Å². The van der Waals surface area contributed by atoms with Crippen LogP contribution in [-0.4, -0.2) is 17.1 Å². The molecule has 1 nitrogen and oxygen atoms in total. The van der Waals surface area contributed by atoms with Gasteiger partial charge in [0.2, 0.25) is 0 Å². The van der Waals surface area contributed by atoms with E-state index in [1.54, 1.807) is 38.5 Å². The maximum absolute atomic E-state index is 5.56. The molecule has 21 heavy (non-hydrogen) atoms. The first-order chi connectivity index (χ1) is 10.4. The topological polar surface area (TPSA) is 9.23 Å². The summed E-state index contributed by atoms with van der Waals surface area (Å²) >= 11 is 0. The van der Waals surface area contributed by atoms with Gasteiger partial charge in [0.15, 0.2) is 0 Å². The summed E-state index contributed by atoms with van der Waals surface area (Å²) in [7, 11) is 0.922. The summed E-state index contributed by atoms with van der Waals surface area (Å²) in [5, 5.41) is 0. The smallest absolute Gasteiger partial charge is 0.145 e. The molecule has 0 aromatic heterocycles. The summed E-state index contributed by atoms with van der Waals surface area (Å²) in [6.45, 7) is 1.04. The first kappa shape index (κ1) is 16.0. The van der Waals surface area contributed by atoms with Crippen LogP contribution in [-0.2, 0) is 4.43 Å². The van der Waals surface area contributed by atoms with Crippen LogP contribution in [0.25, 0.3) is 0 Å². The molecule has 0 aliphatic heterocycles. The minimum absolute atomic E-state index is 0.726. The Hall–Kier alpha value is 0.177. The second kappa shape index (κ2) is 7.63. The van der Waals surface area contributed by atoms with Crippen LogP contribution in [0.1, 0.15) is 89.9 Å². The highest BCUT2D eigenvalue weighted by Gasteiger charge is 2.51. The molecule has 3 aliphatic rings. The normalized spacial score (nSPS) is 26.3. The van der Waals surface area contributed by atoms with E-state index in [-0.39, 0.29) is 0 Å². The van der Waals surface area contributed by atoms with Crippen molar-refractivity contribution in [1.82, 2.24) is 0 Å². The van der Waals surface area contributed by atoms with Crippen molar-refractivity contribution >= 4 is 10.5 Å². The Bertz CT molecular complexity index is 258. The Morgan fingerprint density at radius 3 is 1.43 bits per heavy atom. The quantitative estimate of drug-likeness (QED) is 0.492. The molecule has 0 N–H and O–H groups in total. The van der Waals surface area contributed by atoms with Crippen molar-refractivity contribution in [2.24, 2.45) is 23.2 Å². The van der Waals surface area contributed by atoms with Gasteiger partial charge >= 0.3 is 0 Å². The predicted molar refractivity (Wildman–Crippen MR) is 93.4 cm³/mol. The molecule has 0 aromatic carbocycles. The molecule has 3 fully saturated rings. The number of hydrogen-bond acceptors (Lipinski definition) is 1. The van der Waals surface area contributed by atoms with Gasteiger partial charge in [-0.2, -0.15) is 0 Å². The maximum atomic E-state index is 5.56. The molecular weight excluding hydrogens is 272 g/mol. The van der Waals surface area contributed by atoms with E-state index >= 15 is 0 Å². The fourth-order valence-electron chi connectivity index (χ4n) is 6.52. The SMILES string of the molecule is [SiH3]OCCCC(C1CCCC1)(C1CCCC1)C1CCCC1. The van der Waals surface area contributed by atoms with Gasteiger partial charge in [0.1, 0.15) is 10.5 Å². The summed E-state index contributed by atoms with van der Waals surface area (Å²) in [5.74, 6) is 3.20. The van der Waals surface area contributed by atoms with Gasteiger partial charge in [-0.3, -0.25) is 0 Å². The van der Waals surface area contributed by atoms with Crippen molar-refractivity contribution in [2.45, 2.75) is 89.9 Å².